The van der Waals surface area contributed by atoms with E-state index in [1.54, 1.807) is 0 Å². The molecule has 1 aromatic heterocycles. The minimum absolute atomic E-state index is 0.134. The number of nitrogens with zero attached hydrogens (tertiary/aromatic N) is 3. The third-order valence-electron chi connectivity index (χ3n) is 3.22. The summed E-state index contributed by atoms with van der Waals surface area (Å²) in [6.07, 6.45) is 2.85. The Labute approximate surface area is 125 Å². The Balaban J connectivity index is 2.13. The van der Waals surface area contributed by atoms with Crippen LogP contribution in [0.25, 0.3) is 0 Å². The van der Waals surface area contributed by atoms with Crippen LogP contribution in [0.3, 0.4) is 0 Å². The fraction of sp³-hybridized carbons (Fsp3) is 0.786. The maximum atomic E-state index is 5.54. The van der Waals surface area contributed by atoms with Crippen LogP contribution in [-0.2, 0) is 4.74 Å². The summed E-state index contributed by atoms with van der Waals surface area (Å²) in [5.74, 6) is 1.07. The number of hydrogen-bond acceptors (Lipinski definition) is 7. The van der Waals surface area contributed by atoms with E-state index in [0.29, 0.717) is 31.1 Å². The molecule has 2 rings (SSSR count). The molecule has 0 aliphatic carbocycles. The molecule has 0 bridgehead atoms. The highest BCUT2D eigenvalue weighted by atomic mass is 16.5. The molecule has 0 saturated carbocycles. The van der Waals surface area contributed by atoms with Crippen molar-refractivity contribution >= 4 is 11.9 Å². The van der Waals surface area contributed by atoms with Crippen molar-refractivity contribution in [3.63, 3.8) is 0 Å². The summed E-state index contributed by atoms with van der Waals surface area (Å²) < 4.78 is 11.0. The van der Waals surface area contributed by atoms with E-state index in [9.17, 15) is 0 Å². The van der Waals surface area contributed by atoms with E-state index in [4.69, 9.17) is 9.47 Å². The van der Waals surface area contributed by atoms with Gasteiger partial charge in [0.15, 0.2) is 0 Å². The molecule has 1 aliphatic heterocycles. The summed E-state index contributed by atoms with van der Waals surface area (Å²) >= 11 is 0. The molecular formula is C14H25N5O2. The fourth-order valence-corrected chi connectivity index (χ4v) is 2.02. The molecule has 7 nitrogen and oxygen atoms in total. The van der Waals surface area contributed by atoms with Crippen molar-refractivity contribution in [3.05, 3.63) is 0 Å². The zero-order chi connectivity index (χ0) is 15.1. The second-order valence-electron chi connectivity index (χ2n) is 5.53. The van der Waals surface area contributed by atoms with Gasteiger partial charge in [0.1, 0.15) is 0 Å². The topological polar surface area (TPSA) is 81.2 Å². The average molecular weight is 295 g/mol. The molecule has 2 N–H and O–H groups in total. The third kappa shape index (κ3) is 4.70. The first kappa shape index (κ1) is 15.8. The Morgan fingerprint density at radius 2 is 2.00 bits per heavy atom. The van der Waals surface area contributed by atoms with Gasteiger partial charge in [0.2, 0.25) is 11.9 Å². The summed E-state index contributed by atoms with van der Waals surface area (Å²) in [6.45, 7) is 9.08. The van der Waals surface area contributed by atoms with Crippen molar-refractivity contribution in [2.75, 3.05) is 37.0 Å². The summed E-state index contributed by atoms with van der Waals surface area (Å²) in [4.78, 5) is 13.0. The quantitative estimate of drug-likeness (QED) is 0.759. The number of hydrogen-bond donors (Lipinski definition) is 2. The lowest BCUT2D eigenvalue weighted by Crippen LogP contribution is -2.36. The van der Waals surface area contributed by atoms with Gasteiger partial charge >= 0.3 is 6.01 Å². The first-order valence-corrected chi connectivity index (χ1v) is 7.64. The highest BCUT2D eigenvalue weighted by Gasteiger charge is 2.30. The molecular weight excluding hydrogens is 270 g/mol. The number of anilines is 2. The van der Waals surface area contributed by atoms with E-state index in [0.717, 1.165) is 32.4 Å². The first-order valence-electron chi connectivity index (χ1n) is 7.64. The lowest BCUT2D eigenvalue weighted by molar-refractivity contribution is 0.185. The highest BCUT2D eigenvalue weighted by molar-refractivity contribution is 5.38. The molecule has 0 amide bonds. The molecule has 0 radical (unpaired) electrons. The number of ether oxygens (including phenoxy) is 2. The van der Waals surface area contributed by atoms with Crippen LogP contribution in [0.4, 0.5) is 11.9 Å². The molecule has 1 saturated heterocycles. The van der Waals surface area contributed by atoms with Gasteiger partial charge in [0.05, 0.1) is 18.8 Å². The third-order valence-corrected chi connectivity index (χ3v) is 3.22. The van der Waals surface area contributed by atoms with Crippen LogP contribution < -0.4 is 15.4 Å². The van der Waals surface area contributed by atoms with E-state index >= 15 is 0 Å². The summed E-state index contributed by atoms with van der Waals surface area (Å²) in [7, 11) is 0. The van der Waals surface area contributed by atoms with Crippen molar-refractivity contribution in [2.24, 2.45) is 0 Å². The second kappa shape index (κ2) is 7.40. The Morgan fingerprint density at radius 3 is 2.67 bits per heavy atom. The SMILES string of the molecule is CCCNc1nc(NC2(C)CCOC2)nc(OCCC)n1. The molecule has 0 aromatic carbocycles. The Morgan fingerprint density at radius 1 is 1.19 bits per heavy atom. The largest absolute Gasteiger partial charge is 0.463 e. The van der Waals surface area contributed by atoms with Crippen molar-refractivity contribution in [2.45, 2.75) is 45.6 Å². The predicted octanol–water partition coefficient (Wildman–Crippen LogP) is 2.07. The van der Waals surface area contributed by atoms with Gasteiger partial charge in [-0.25, -0.2) is 0 Å². The predicted molar refractivity (Wildman–Crippen MR) is 81.9 cm³/mol. The van der Waals surface area contributed by atoms with Crippen LogP contribution in [-0.4, -0.2) is 46.9 Å². The molecule has 1 aromatic rings. The van der Waals surface area contributed by atoms with Gasteiger partial charge in [-0.3, -0.25) is 0 Å². The van der Waals surface area contributed by atoms with Gasteiger partial charge in [0, 0.05) is 13.2 Å². The minimum Gasteiger partial charge on any atom is -0.463 e. The molecule has 1 unspecified atom stereocenters. The second-order valence-corrected chi connectivity index (χ2v) is 5.53. The van der Waals surface area contributed by atoms with Crippen LogP contribution in [0.15, 0.2) is 0 Å². The van der Waals surface area contributed by atoms with E-state index in [-0.39, 0.29) is 5.54 Å². The normalized spacial score (nSPS) is 21.3. The maximum absolute atomic E-state index is 5.54. The average Bonchev–Trinajstić information content (AvgIpc) is 2.89. The number of nitrogens with one attached hydrogen (secondary N) is 2. The van der Waals surface area contributed by atoms with Crippen molar-refractivity contribution in [1.82, 2.24) is 15.0 Å². The molecule has 2 heterocycles. The van der Waals surface area contributed by atoms with Gasteiger partial charge in [-0.05, 0) is 26.2 Å². The molecule has 118 valence electrons. The van der Waals surface area contributed by atoms with E-state index in [1.165, 1.54) is 0 Å². The highest BCUT2D eigenvalue weighted by Crippen LogP contribution is 2.23. The van der Waals surface area contributed by atoms with Crippen LogP contribution in [0, 0.1) is 0 Å². The summed E-state index contributed by atoms with van der Waals surface area (Å²) in [6, 6.07) is 0.357. The van der Waals surface area contributed by atoms with E-state index < -0.39 is 0 Å². The van der Waals surface area contributed by atoms with Gasteiger partial charge in [0.25, 0.3) is 0 Å². The monoisotopic (exact) mass is 295 g/mol. The van der Waals surface area contributed by atoms with Crippen LogP contribution in [0.5, 0.6) is 6.01 Å². The van der Waals surface area contributed by atoms with E-state index in [2.05, 4.69) is 39.4 Å². The lowest BCUT2D eigenvalue weighted by atomic mass is 10.0. The zero-order valence-electron chi connectivity index (χ0n) is 13.1. The Kier molecular flexibility index (Phi) is 5.55. The van der Waals surface area contributed by atoms with Crippen LogP contribution in [0.1, 0.15) is 40.0 Å². The fourth-order valence-electron chi connectivity index (χ4n) is 2.02. The molecule has 1 atom stereocenters. The van der Waals surface area contributed by atoms with Crippen LogP contribution in [0.2, 0.25) is 0 Å². The molecule has 7 heteroatoms. The summed E-state index contributed by atoms with van der Waals surface area (Å²) in [5.41, 5.74) is -0.134. The smallest absolute Gasteiger partial charge is 0.323 e. The van der Waals surface area contributed by atoms with Gasteiger partial charge in [-0.15, -0.1) is 0 Å². The molecule has 1 fully saturated rings. The standard InChI is InChI=1S/C14H25N5O2/c1-4-7-15-11-16-12(18-13(17-11)21-8-5-2)19-14(3)6-9-20-10-14/h4-10H2,1-3H3,(H2,15,16,17,18,19). The maximum Gasteiger partial charge on any atom is 0.323 e. The molecule has 21 heavy (non-hydrogen) atoms. The van der Waals surface area contributed by atoms with Crippen molar-refractivity contribution in [1.29, 1.82) is 0 Å². The van der Waals surface area contributed by atoms with Crippen LogP contribution >= 0.6 is 0 Å². The summed E-state index contributed by atoms with van der Waals surface area (Å²) in [5, 5.41) is 6.52. The number of aromatic nitrogens is 3. The van der Waals surface area contributed by atoms with Gasteiger partial charge in [-0.2, -0.15) is 15.0 Å². The number of rotatable bonds is 8. The van der Waals surface area contributed by atoms with E-state index in [1.807, 2.05) is 6.92 Å². The Hall–Kier alpha value is -1.63. The van der Waals surface area contributed by atoms with Crippen molar-refractivity contribution < 1.29 is 9.47 Å². The minimum atomic E-state index is -0.134. The van der Waals surface area contributed by atoms with Gasteiger partial charge < -0.3 is 20.1 Å². The van der Waals surface area contributed by atoms with Gasteiger partial charge in [-0.1, -0.05) is 13.8 Å². The zero-order valence-corrected chi connectivity index (χ0v) is 13.1. The van der Waals surface area contributed by atoms with Crippen molar-refractivity contribution in [3.8, 4) is 6.01 Å². The Bertz CT molecular complexity index is 423. The molecule has 0 spiro atoms. The first-order chi connectivity index (χ1) is 10.1. The lowest BCUT2D eigenvalue weighted by Gasteiger charge is -2.23. The molecule has 1 aliphatic rings.